The van der Waals surface area contributed by atoms with Crippen LogP contribution < -0.4 is 11.2 Å². The van der Waals surface area contributed by atoms with E-state index in [0.717, 1.165) is 5.56 Å². The van der Waals surface area contributed by atoms with Crippen LogP contribution in [0.2, 0.25) is 5.02 Å². The van der Waals surface area contributed by atoms with E-state index in [-0.39, 0.29) is 18.1 Å². The average Bonchev–Trinajstić information content (AvgIpc) is 3.10. The van der Waals surface area contributed by atoms with E-state index < -0.39 is 17.1 Å². The van der Waals surface area contributed by atoms with Crippen molar-refractivity contribution < 1.29 is 4.39 Å². The van der Waals surface area contributed by atoms with Crippen molar-refractivity contribution in [3.05, 3.63) is 92.1 Å². The summed E-state index contributed by atoms with van der Waals surface area (Å²) < 4.78 is 17.7. The van der Waals surface area contributed by atoms with Gasteiger partial charge in [-0.05, 0) is 47.9 Å². The topological polar surface area (TPSA) is 61.8 Å². The van der Waals surface area contributed by atoms with Gasteiger partial charge in [-0.25, -0.2) is 18.7 Å². The van der Waals surface area contributed by atoms with Gasteiger partial charge in [-0.1, -0.05) is 37.6 Å². The molecule has 30 heavy (non-hydrogen) atoms. The first kappa shape index (κ1) is 20.1. The Hall–Kier alpha value is -3.19. The fraction of sp³-hybridized carbons (Fsp3) is 0.227. The number of benzene rings is 2. The Morgan fingerprint density at radius 1 is 1.10 bits per heavy atom. The number of halogens is 2. The lowest BCUT2D eigenvalue weighted by Crippen LogP contribution is -2.41. The Morgan fingerprint density at radius 2 is 1.83 bits per heavy atom. The van der Waals surface area contributed by atoms with Crippen molar-refractivity contribution in [3.8, 4) is 5.69 Å². The van der Waals surface area contributed by atoms with Crippen molar-refractivity contribution in [2.24, 2.45) is 5.92 Å². The molecule has 0 amide bonds. The van der Waals surface area contributed by atoms with Gasteiger partial charge >= 0.3 is 5.69 Å². The molecule has 6 nitrogen and oxygen atoms in total. The third-order valence-electron chi connectivity index (χ3n) is 4.77. The normalized spacial score (nSPS) is 11.5. The number of rotatable bonds is 5. The van der Waals surface area contributed by atoms with E-state index in [1.807, 2.05) is 32.0 Å². The average molecular weight is 427 g/mol. The minimum atomic E-state index is -0.499. The van der Waals surface area contributed by atoms with Crippen molar-refractivity contribution in [2.75, 3.05) is 0 Å². The van der Waals surface area contributed by atoms with Gasteiger partial charge in [0.25, 0.3) is 5.56 Å². The van der Waals surface area contributed by atoms with E-state index in [2.05, 4.69) is 4.98 Å². The molecule has 0 aliphatic heterocycles. The number of imidazole rings is 1. The zero-order valence-electron chi connectivity index (χ0n) is 16.5. The maximum atomic E-state index is 13.4. The summed E-state index contributed by atoms with van der Waals surface area (Å²) in [6, 6.07) is 12.9. The number of fused-ring (bicyclic) bond motifs is 1. The van der Waals surface area contributed by atoms with E-state index in [4.69, 9.17) is 11.6 Å². The first-order chi connectivity index (χ1) is 14.3. The summed E-state index contributed by atoms with van der Waals surface area (Å²) in [5.41, 5.74) is 0.980. The monoisotopic (exact) mass is 426 g/mol. The van der Waals surface area contributed by atoms with Crippen molar-refractivity contribution in [1.29, 1.82) is 0 Å². The fourth-order valence-corrected chi connectivity index (χ4v) is 3.69. The fourth-order valence-electron chi connectivity index (χ4n) is 3.48. The van der Waals surface area contributed by atoms with Crippen LogP contribution in [0.15, 0.2) is 64.4 Å². The lowest BCUT2D eigenvalue weighted by Gasteiger charge is -2.14. The molecule has 0 saturated heterocycles. The third kappa shape index (κ3) is 3.68. The Bertz CT molecular complexity index is 1340. The lowest BCUT2D eigenvalue weighted by molar-refractivity contribution is 0.489. The van der Waals surface area contributed by atoms with Crippen LogP contribution in [0.1, 0.15) is 19.4 Å². The van der Waals surface area contributed by atoms with Crippen LogP contribution in [0.4, 0.5) is 4.39 Å². The van der Waals surface area contributed by atoms with Crippen LogP contribution in [0, 0.1) is 11.7 Å². The molecule has 0 bridgehead atoms. The predicted octanol–water partition coefficient (Wildman–Crippen LogP) is 3.85. The summed E-state index contributed by atoms with van der Waals surface area (Å²) in [6.07, 6.45) is 1.53. The molecular weight excluding hydrogens is 407 g/mol. The van der Waals surface area contributed by atoms with E-state index in [9.17, 15) is 14.0 Å². The molecule has 0 aliphatic carbocycles. The minimum absolute atomic E-state index is 0.0822. The second-order valence-electron chi connectivity index (χ2n) is 7.58. The summed E-state index contributed by atoms with van der Waals surface area (Å²) >= 11 is 6.09. The largest absolute Gasteiger partial charge is 0.337 e. The van der Waals surface area contributed by atoms with Crippen LogP contribution in [0.5, 0.6) is 0 Å². The molecule has 0 unspecified atom stereocenters. The van der Waals surface area contributed by atoms with Gasteiger partial charge in [0.15, 0.2) is 11.2 Å². The Kier molecular flexibility index (Phi) is 5.30. The number of aromatic nitrogens is 4. The van der Waals surface area contributed by atoms with Crippen molar-refractivity contribution in [2.45, 2.75) is 26.9 Å². The highest BCUT2D eigenvalue weighted by atomic mass is 35.5. The molecular formula is C22H20ClFN4O2. The molecule has 0 spiro atoms. The number of hydrogen-bond acceptors (Lipinski definition) is 3. The van der Waals surface area contributed by atoms with Crippen molar-refractivity contribution in [1.82, 2.24) is 18.7 Å². The highest BCUT2D eigenvalue weighted by molar-refractivity contribution is 6.30. The summed E-state index contributed by atoms with van der Waals surface area (Å²) in [6.45, 7) is 4.50. The Labute approximate surface area is 176 Å². The quantitative estimate of drug-likeness (QED) is 0.487. The molecule has 0 fully saturated rings. The van der Waals surface area contributed by atoms with Crippen molar-refractivity contribution in [3.63, 3.8) is 0 Å². The van der Waals surface area contributed by atoms with Gasteiger partial charge in [-0.15, -0.1) is 0 Å². The van der Waals surface area contributed by atoms with E-state index in [1.54, 1.807) is 10.6 Å². The smallest absolute Gasteiger partial charge is 0.320 e. The molecule has 0 aliphatic rings. The molecule has 2 heterocycles. The lowest BCUT2D eigenvalue weighted by atomic mass is 10.2. The van der Waals surface area contributed by atoms with Crippen LogP contribution >= 0.6 is 11.6 Å². The zero-order chi connectivity index (χ0) is 21.4. The highest BCUT2D eigenvalue weighted by Gasteiger charge is 2.20. The van der Waals surface area contributed by atoms with Crippen LogP contribution in [0.25, 0.3) is 16.9 Å². The molecule has 2 aromatic heterocycles. The van der Waals surface area contributed by atoms with E-state index in [1.165, 1.54) is 39.7 Å². The SMILES string of the molecule is CC(C)Cn1c(=O)c2c(ncn2Cc2cccc(Cl)c2)n(-c2ccc(F)cc2)c1=O. The van der Waals surface area contributed by atoms with Crippen molar-refractivity contribution >= 4 is 22.8 Å². The van der Waals surface area contributed by atoms with Crippen LogP contribution in [0.3, 0.4) is 0 Å². The maximum Gasteiger partial charge on any atom is 0.337 e. The molecule has 0 atom stereocenters. The van der Waals surface area contributed by atoms with E-state index in [0.29, 0.717) is 22.8 Å². The summed E-state index contributed by atoms with van der Waals surface area (Å²) in [7, 11) is 0. The number of nitrogens with zero attached hydrogens (tertiary/aromatic N) is 4. The Balaban J connectivity index is 1.99. The summed E-state index contributed by atoms with van der Waals surface area (Å²) in [5.74, 6) is -0.330. The standard InChI is InChI=1S/C22H20ClFN4O2/c1-14(2)11-27-21(29)19-20(28(22(27)30)18-8-6-17(24)7-9-18)25-13-26(19)12-15-4-3-5-16(23)10-15/h3-10,13-14H,11-12H2,1-2H3. The number of hydrogen-bond donors (Lipinski definition) is 0. The van der Waals surface area contributed by atoms with Gasteiger partial charge in [0.05, 0.1) is 12.0 Å². The first-order valence-electron chi connectivity index (χ1n) is 9.56. The maximum absolute atomic E-state index is 13.4. The van der Waals surface area contributed by atoms with E-state index >= 15 is 0 Å². The molecule has 4 aromatic rings. The van der Waals surface area contributed by atoms with Gasteiger partial charge in [-0.2, -0.15) is 0 Å². The third-order valence-corrected chi connectivity index (χ3v) is 5.01. The molecule has 2 aromatic carbocycles. The minimum Gasteiger partial charge on any atom is -0.320 e. The highest BCUT2D eigenvalue weighted by Crippen LogP contribution is 2.17. The van der Waals surface area contributed by atoms with Gasteiger partial charge in [-0.3, -0.25) is 9.36 Å². The van der Waals surface area contributed by atoms with Gasteiger partial charge < -0.3 is 4.57 Å². The second kappa shape index (κ2) is 7.91. The second-order valence-corrected chi connectivity index (χ2v) is 8.02. The Morgan fingerprint density at radius 3 is 2.50 bits per heavy atom. The first-order valence-corrected chi connectivity index (χ1v) is 9.94. The zero-order valence-corrected chi connectivity index (χ0v) is 17.3. The van der Waals surface area contributed by atoms with Crippen LogP contribution in [-0.4, -0.2) is 18.7 Å². The molecule has 4 rings (SSSR count). The van der Waals surface area contributed by atoms with Gasteiger partial charge in [0.2, 0.25) is 0 Å². The molecule has 8 heteroatoms. The molecule has 0 radical (unpaired) electrons. The predicted molar refractivity (Wildman–Crippen MR) is 115 cm³/mol. The summed E-state index contributed by atoms with van der Waals surface area (Å²) in [5, 5.41) is 0.595. The molecule has 0 N–H and O–H groups in total. The van der Waals surface area contributed by atoms with Gasteiger partial charge in [0, 0.05) is 18.1 Å². The van der Waals surface area contributed by atoms with Gasteiger partial charge in [0.1, 0.15) is 5.82 Å². The van der Waals surface area contributed by atoms with Crippen LogP contribution in [-0.2, 0) is 13.1 Å². The summed E-state index contributed by atoms with van der Waals surface area (Å²) in [4.78, 5) is 30.8. The molecule has 0 saturated carbocycles. The molecule has 154 valence electrons.